The largest absolute Gasteiger partial charge is 0.493 e. The summed E-state index contributed by atoms with van der Waals surface area (Å²) in [5.41, 5.74) is 0.268. The third-order valence-corrected chi connectivity index (χ3v) is 2.82. The number of unbranched alkanes of at least 4 members (excludes halogenated alkanes) is 1. The summed E-state index contributed by atoms with van der Waals surface area (Å²) in [6.07, 6.45) is 3.29. The first-order chi connectivity index (χ1) is 9.76. The Kier molecular flexibility index (Phi) is 4.51. The van der Waals surface area contributed by atoms with Gasteiger partial charge < -0.3 is 9.72 Å². The summed E-state index contributed by atoms with van der Waals surface area (Å²) in [4.78, 5) is 18.4. The second kappa shape index (κ2) is 6.53. The Morgan fingerprint density at radius 3 is 2.90 bits per heavy atom. The molecule has 0 radical (unpaired) electrons. The van der Waals surface area contributed by atoms with Crippen molar-refractivity contribution in [3.63, 3.8) is 0 Å². The molecule has 0 aliphatic heterocycles. The molecule has 0 atom stereocenters. The summed E-state index contributed by atoms with van der Waals surface area (Å²) in [7, 11) is 0. The number of nitrogens with one attached hydrogen (secondary N) is 1. The molecule has 102 valence electrons. The van der Waals surface area contributed by atoms with E-state index >= 15 is 0 Å². The minimum absolute atomic E-state index is 0.00173. The topological polar surface area (TPSA) is 78.8 Å². The van der Waals surface area contributed by atoms with Crippen LogP contribution in [0.15, 0.2) is 35.3 Å². The molecule has 0 bridgehead atoms. The summed E-state index contributed by atoms with van der Waals surface area (Å²) in [6, 6.07) is 9.17. The van der Waals surface area contributed by atoms with Crippen molar-refractivity contribution in [3.05, 3.63) is 46.4 Å². The first-order valence-electron chi connectivity index (χ1n) is 6.48. The molecule has 5 heteroatoms. The highest BCUT2D eigenvalue weighted by molar-refractivity contribution is 5.63. The third kappa shape index (κ3) is 3.04. The number of hydrogen-bond donors (Lipinski definition) is 1. The summed E-state index contributed by atoms with van der Waals surface area (Å²) < 4.78 is 5.70. The zero-order valence-electron chi connectivity index (χ0n) is 11.2. The number of rotatable bonds is 5. The molecule has 0 amide bonds. The van der Waals surface area contributed by atoms with Gasteiger partial charge in [0.15, 0.2) is 0 Å². The Hall–Kier alpha value is -2.61. The van der Waals surface area contributed by atoms with E-state index in [4.69, 9.17) is 10.00 Å². The maximum Gasteiger partial charge on any atom is 0.269 e. The molecule has 1 N–H and O–H groups in total. The van der Waals surface area contributed by atoms with E-state index in [1.54, 1.807) is 6.07 Å². The summed E-state index contributed by atoms with van der Waals surface area (Å²) in [6.45, 7) is 2.71. The predicted octanol–water partition coefficient (Wildman–Crippen LogP) is 2.49. The predicted molar refractivity (Wildman–Crippen MR) is 75.4 cm³/mol. The minimum Gasteiger partial charge on any atom is -0.493 e. The summed E-state index contributed by atoms with van der Waals surface area (Å²) in [5, 5.41) is 8.74. The number of H-pyrrole nitrogens is 1. The van der Waals surface area contributed by atoms with Gasteiger partial charge in [0.2, 0.25) is 0 Å². The van der Waals surface area contributed by atoms with Crippen LogP contribution in [0.2, 0.25) is 0 Å². The van der Waals surface area contributed by atoms with Gasteiger partial charge in [-0.25, -0.2) is 4.98 Å². The van der Waals surface area contributed by atoms with E-state index < -0.39 is 5.56 Å². The first kappa shape index (κ1) is 13.8. The van der Waals surface area contributed by atoms with Crippen LogP contribution in [0.4, 0.5) is 0 Å². The van der Waals surface area contributed by atoms with Crippen molar-refractivity contribution in [3.8, 4) is 23.2 Å². The minimum atomic E-state index is -0.444. The van der Waals surface area contributed by atoms with E-state index in [1.165, 1.54) is 6.20 Å². The molecule has 2 rings (SSSR count). The number of ether oxygens (including phenoxy) is 1. The van der Waals surface area contributed by atoms with E-state index in [1.807, 2.05) is 24.3 Å². The lowest BCUT2D eigenvalue weighted by Gasteiger charge is -2.10. The number of hydrogen-bond acceptors (Lipinski definition) is 4. The van der Waals surface area contributed by atoms with E-state index in [0.717, 1.165) is 12.8 Å². The van der Waals surface area contributed by atoms with Gasteiger partial charge in [0.1, 0.15) is 23.2 Å². The van der Waals surface area contributed by atoms with Crippen molar-refractivity contribution in [2.75, 3.05) is 6.61 Å². The second-order valence-electron chi connectivity index (χ2n) is 4.28. The van der Waals surface area contributed by atoms with Gasteiger partial charge in [0, 0.05) is 0 Å². The van der Waals surface area contributed by atoms with Crippen molar-refractivity contribution < 1.29 is 4.74 Å². The number of benzene rings is 1. The second-order valence-corrected chi connectivity index (χ2v) is 4.28. The number of nitriles is 1. The van der Waals surface area contributed by atoms with Crippen molar-refractivity contribution in [2.45, 2.75) is 19.8 Å². The van der Waals surface area contributed by atoms with Gasteiger partial charge in [-0.15, -0.1) is 0 Å². The Morgan fingerprint density at radius 1 is 1.40 bits per heavy atom. The van der Waals surface area contributed by atoms with Gasteiger partial charge in [-0.3, -0.25) is 4.79 Å². The van der Waals surface area contributed by atoms with Crippen molar-refractivity contribution in [1.29, 1.82) is 5.26 Å². The van der Waals surface area contributed by atoms with E-state index in [2.05, 4.69) is 16.9 Å². The quantitative estimate of drug-likeness (QED) is 0.846. The highest BCUT2D eigenvalue weighted by Crippen LogP contribution is 2.26. The first-order valence-corrected chi connectivity index (χ1v) is 6.48. The van der Waals surface area contributed by atoms with Gasteiger partial charge in [0.05, 0.1) is 18.4 Å². The standard InChI is InChI=1S/C15H15N3O2/c1-2-3-8-20-13-7-5-4-6-12(13)14-17-10-11(9-16)15(19)18-14/h4-7,10H,2-3,8H2,1H3,(H,17,18,19). The summed E-state index contributed by atoms with van der Waals surface area (Å²) in [5.74, 6) is 1.08. The van der Waals surface area contributed by atoms with Crippen LogP contribution in [-0.4, -0.2) is 16.6 Å². The average Bonchev–Trinajstić information content (AvgIpc) is 2.48. The van der Waals surface area contributed by atoms with Crippen LogP contribution >= 0.6 is 0 Å². The third-order valence-electron chi connectivity index (χ3n) is 2.82. The number of aromatic amines is 1. The Balaban J connectivity index is 2.35. The van der Waals surface area contributed by atoms with Gasteiger partial charge in [-0.1, -0.05) is 25.5 Å². The molecule has 0 unspecified atom stereocenters. The zero-order valence-corrected chi connectivity index (χ0v) is 11.2. The molecule has 20 heavy (non-hydrogen) atoms. The SMILES string of the molecule is CCCCOc1ccccc1-c1ncc(C#N)c(=O)[nH]1. The fourth-order valence-corrected chi connectivity index (χ4v) is 1.73. The molecule has 0 spiro atoms. The lowest BCUT2D eigenvalue weighted by molar-refractivity contribution is 0.310. The van der Waals surface area contributed by atoms with E-state index in [-0.39, 0.29) is 5.56 Å². The molecule has 1 aromatic carbocycles. The number of aromatic nitrogens is 2. The van der Waals surface area contributed by atoms with Gasteiger partial charge >= 0.3 is 0 Å². The normalized spacial score (nSPS) is 10.0. The fourth-order valence-electron chi connectivity index (χ4n) is 1.73. The Labute approximate surface area is 116 Å². The Bertz CT molecular complexity index is 686. The van der Waals surface area contributed by atoms with Gasteiger partial charge in [0.25, 0.3) is 5.56 Å². The van der Waals surface area contributed by atoms with E-state index in [0.29, 0.717) is 23.7 Å². The average molecular weight is 269 g/mol. The molecular weight excluding hydrogens is 254 g/mol. The van der Waals surface area contributed by atoms with Crippen molar-refractivity contribution in [1.82, 2.24) is 9.97 Å². The molecule has 0 saturated heterocycles. The molecule has 0 aliphatic carbocycles. The van der Waals surface area contributed by atoms with Crippen LogP contribution in [0, 0.1) is 11.3 Å². The molecule has 2 aromatic rings. The van der Waals surface area contributed by atoms with Crippen LogP contribution < -0.4 is 10.3 Å². The number of para-hydroxylation sites is 1. The molecule has 1 aromatic heterocycles. The lowest BCUT2D eigenvalue weighted by Crippen LogP contribution is -2.12. The maximum atomic E-state index is 11.7. The molecule has 0 aliphatic rings. The fraction of sp³-hybridized carbons (Fsp3) is 0.267. The van der Waals surface area contributed by atoms with Crippen molar-refractivity contribution in [2.24, 2.45) is 0 Å². The highest BCUT2D eigenvalue weighted by atomic mass is 16.5. The van der Waals surface area contributed by atoms with Crippen LogP contribution in [0.1, 0.15) is 25.3 Å². The monoisotopic (exact) mass is 269 g/mol. The lowest BCUT2D eigenvalue weighted by atomic mass is 10.2. The molecule has 0 fully saturated rings. The molecular formula is C15H15N3O2. The molecule has 0 saturated carbocycles. The van der Waals surface area contributed by atoms with Crippen LogP contribution in [0.25, 0.3) is 11.4 Å². The Morgan fingerprint density at radius 2 is 2.20 bits per heavy atom. The van der Waals surface area contributed by atoms with Crippen LogP contribution in [0.5, 0.6) is 5.75 Å². The zero-order chi connectivity index (χ0) is 14.4. The molecule has 1 heterocycles. The highest BCUT2D eigenvalue weighted by Gasteiger charge is 2.09. The van der Waals surface area contributed by atoms with Crippen molar-refractivity contribution >= 4 is 0 Å². The van der Waals surface area contributed by atoms with Gasteiger partial charge in [-0.05, 0) is 18.6 Å². The van der Waals surface area contributed by atoms with Gasteiger partial charge in [-0.2, -0.15) is 5.26 Å². The summed E-state index contributed by atoms with van der Waals surface area (Å²) >= 11 is 0. The number of nitrogens with zero attached hydrogens (tertiary/aromatic N) is 2. The van der Waals surface area contributed by atoms with E-state index in [9.17, 15) is 4.79 Å². The van der Waals surface area contributed by atoms with Crippen LogP contribution in [-0.2, 0) is 0 Å². The molecule has 5 nitrogen and oxygen atoms in total. The van der Waals surface area contributed by atoms with Crippen LogP contribution in [0.3, 0.4) is 0 Å². The smallest absolute Gasteiger partial charge is 0.269 e. The maximum absolute atomic E-state index is 11.7.